The Morgan fingerprint density at radius 2 is 1.96 bits per heavy atom. The first-order chi connectivity index (χ1) is 12.2. The van der Waals surface area contributed by atoms with Gasteiger partial charge in [-0.15, -0.1) is 0 Å². The summed E-state index contributed by atoms with van der Waals surface area (Å²) >= 11 is 5.75. The Kier molecular flexibility index (Phi) is 6.20. The number of rotatable bonds is 5. The average Bonchev–Trinajstić information content (AvgIpc) is 2.59. The van der Waals surface area contributed by atoms with Crippen molar-refractivity contribution in [3.63, 3.8) is 0 Å². The second kappa shape index (κ2) is 8.18. The van der Waals surface area contributed by atoms with Gasteiger partial charge in [-0.05, 0) is 36.8 Å². The quantitative estimate of drug-likeness (QED) is 0.829. The normalized spacial score (nSPS) is 12.3. The van der Waals surface area contributed by atoms with Gasteiger partial charge in [0.25, 0.3) is 5.91 Å². The van der Waals surface area contributed by atoms with Crippen LogP contribution in [-0.2, 0) is 11.0 Å². The molecule has 0 saturated heterocycles. The number of carbonyl (C=O) groups is 2. The first-order valence-electron chi connectivity index (χ1n) is 7.53. The highest BCUT2D eigenvalue weighted by Crippen LogP contribution is 2.30. The molecule has 0 spiro atoms. The summed E-state index contributed by atoms with van der Waals surface area (Å²) in [5, 5.41) is 5.22. The van der Waals surface area contributed by atoms with Gasteiger partial charge in [0.05, 0.1) is 18.2 Å². The second-order valence-electron chi connectivity index (χ2n) is 5.45. The highest BCUT2D eigenvalue weighted by Gasteiger charge is 2.30. The predicted molar refractivity (Wildman–Crippen MR) is 89.6 cm³/mol. The fraction of sp³-hybridized carbons (Fsp3) is 0.235. The lowest BCUT2D eigenvalue weighted by Crippen LogP contribution is -2.38. The zero-order valence-corrected chi connectivity index (χ0v) is 14.4. The summed E-state index contributed by atoms with van der Waals surface area (Å²) in [4.78, 5) is 27.6. The zero-order valence-electron chi connectivity index (χ0n) is 13.6. The van der Waals surface area contributed by atoms with Crippen molar-refractivity contribution in [3.8, 4) is 0 Å². The summed E-state index contributed by atoms with van der Waals surface area (Å²) < 4.78 is 38.2. The van der Waals surface area contributed by atoms with Gasteiger partial charge in [-0.25, -0.2) is 0 Å². The van der Waals surface area contributed by atoms with Crippen LogP contribution in [0.15, 0.2) is 42.6 Å². The third-order valence-corrected chi connectivity index (χ3v) is 3.69. The van der Waals surface area contributed by atoms with Crippen LogP contribution in [0.25, 0.3) is 0 Å². The zero-order chi connectivity index (χ0) is 19.3. The molecule has 0 aliphatic rings. The largest absolute Gasteiger partial charge is 0.416 e. The van der Waals surface area contributed by atoms with Gasteiger partial charge >= 0.3 is 6.18 Å². The van der Waals surface area contributed by atoms with E-state index in [4.69, 9.17) is 11.6 Å². The second-order valence-corrected chi connectivity index (χ2v) is 5.89. The predicted octanol–water partition coefficient (Wildman–Crippen LogP) is 3.36. The molecule has 2 aromatic rings. The van der Waals surface area contributed by atoms with Crippen molar-refractivity contribution in [3.05, 3.63) is 64.4 Å². The lowest BCUT2D eigenvalue weighted by atomic mass is 10.0. The lowest BCUT2D eigenvalue weighted by Gasteiger charge is -2.16. The van der Waals surface area contributed by atoms with Crippen LogP contribution in [0.3, 0.4) is 0 Å². The Hall–Kier alpha value is -2.61. The molecule has 138 valence electrons. The summed E-state index contributed by atoms with van der Waals surface area (Å²) in [7, 11) is 0. The van der Waals surface area contributed by atoms with E-state index in [2.05, 4.69) is 15.6 Å². The molecule has 0 radical (unpaired) electrons. The molecule has 2 rings (SSSR count). The molecule has 2 N–H and O–H groups in total. The van der Waals surface area contributed by atoms with Gasteiger partial charge in [0, 0.05) is 11.2 Å². The number of pyridine rings is 1. The Morgan fingerprint density at radius 1 is 1.23 bits per heavy atom. The number of alkyl halides is 3. The van der Waals surface area contributed by atoms with Crippen LogP contribution in [-0.4, -0.2) is 23.3 Å². The first kappa shape index (κ1) is 19.7. The molecule has 0 bridgehead atoms. The Bertz CT molecular complexity index is 812. The Labute approximate surface area is 152 Å². The third kappa shape index (κ3) is 5.45. The van der Waals surface area contributed by atoms with Crippen molar-refractivity contribution in [1.29, 1.82) is 0 Å². The van der Waals surface area contributed by atoms with Crippen molar-refractivity contribution in [1.82, 2.24) is 15.6 Å². The van der Waals surface area contributed by atoms with Gasteiger partial charge in [0.1, 0.15) is 5.69 Å². The molecule has 0 aliphatic carbocycles. The van der Waals surface area contributed by atoms with Crippen molar-refractivity contribution < 1.29 is 22.8 Å². The standard InChI is InChI=1S/C17H15ClF3N3O2/c1-10(11-3-2-4-12(7-11)17(19,20)21)24-15(25)9-23-16(26)14-8-13(18)5-6-22-14/h2-8,10H,9H2,1H3,(H,23,26)(H,24,25). The molecule has 2 amide bonds. The molecular weight excluding hydrogens is 371 g/mol. The van der Waals surface area contributed by atoms with E-state index in [-0.39, 0.29) is 12.2 Å². The van der Waals surface area contributed by atoms with Crippen LogP contribution in [0, 0.1) is 0 Å². The molecule has 1 atom stereocenters. The monoisotopic (exact) mass is 385 g/mol. The SMILES string of the molecule is CC(NC(=O)CNC(=O)c1cc(Cl)ccn1)c1cccc(C(F)(F)F)c1. The molecule has 0 fully saturated rings. The number of amides is 2. The highest BCUT2D eigenvalue weighted by molar-refractivity contribution is 6.30. The molecule has 0 aliphatic heterocycles. The van der Waals surface area contributed by atoms with E-state index in [0.717, 1.165) is 12.1 Å². The first-order valence-corrected chi connectivity index (χ1v) is 7.91. The minimum atomic E-state index is -4.46. The lowest BCUT2D eigenvalue weighted by molar-refractivity contribution is -0.137. The Morgan fingerprint density at radius 3 is 2.62 bits per heavy atom. The molecule has 0 saturated carbocycles. The number of nitrogens with one attached hydrogen (secondary N) is 2. The van der Waals surface area contributed by atoms with Gasteiger partial charge in [-0.3, -0.25) is 14.6 Å². The number of carbonyl (C=O) groups excluding carboxylic acids is 2. The van der Waals surface area contributed by atoms with Crippen LogP contribution in [0.1, 0.15) is 34.6 Å². The minimum Gasteiger partial charge on any atom is -0.348 e. The molecule has 5 nitrogen and oxygen atoms in total. The number of hydrogen-bond acceptors (Lipinski definition) is 3. The van der Waals surface area contributed by atoms with E-state index >= 15 is 0 Å². The van der Waals surface area contributed by atoms with Crippen LogP contribution in [0.5, 0.6) is 0 Å². The number of halogens is 4. The van der Waals surface area contributed by atoms with Crippen LogP contribution in [0.2, 0.25) is 5.02 Å². The minimum absolute atomic E-state index is 0.0521. The van der Waals surface area contributed by atoms with Gasteiger partial charge < -0.3 is 10.6 Å². The fourth-order valence-electron chi connectivity index (χ4n) is 2.14. The van der Waals surface area contributed by atoms with Gasteiger partial charge in [-0.1, -0.05) is 23.7 Å². The summed E-state index contributed by atoms with van der Waals surface area (Å²) in [6.07, 6.45) is -3.11. The van der Waals surface area contributed by atoms with E-state index in [1.807, 2.05) is 0 Å². The molecule has 9 heteroatoms. The summed E-state index contributed by atoms with van der Waals surface area (Å²) in [5.74, 6) is -1.14. The molecule has 1 aromatic carbocycles. The number of nitrogens with zero attached hydrogens (tertiary/aromatic N) is 1. The molecule has 1 aromatic heterocycles. The molecule has 1 heterocycles. The molecular formula is C17H15ClF3N3O2. The van der Waals surface area contributed by atoms with Gasteiger partial charge in [-0.2, -0.15) is 13.2 Å². The third-order valence-electron chi connectivity index (χ3n) is 3.46. The highest BCUT2D eigenvalue weighted by atomic mass is 35.5. The number of aromatic nitrogens is 1. The van der Waals surface area contributed by atoms with E-state index in [1.54, 1.807) is 6.92 Å². The van der Waals surface area contributed by atoms with Crippen molar-refractivity contribution >= 4 is 23.4 Å². The number of hydrogen-bond donors (Lipinski definition) is 2. The van der Waals surface area contributed by atoms with E-state index in [0.29, 0.717) is 10.6 Å². The molecule has 1 unspecified atom stereocenters. The average molecular weight is 386 g/mol. The maximum atomic E-state index is 12.7. The van der Waals surface area contributed by atoms with Crippen molar-refractivity contribution in [2.24, 2.45) is 0 Å². The van der Waals surface area contributed by atoms with Crippen LogP contribution in [0.4, 0.5) is 13.2 Å². The van der Waals surface area contributed by atoms with Crippen LogP contribution >= 0.6 is 11.6 Å². The van der Waals surface area contributed by atoms with Crippen molar-refractivity contribution in [2.75, 3.05) is 6.54 Å². The summed E-state index contributed by atoms with van der Waals surface area (Å²) in [6.45, 7) is 1.20. The van der Waals surface area contributed by atoms with E-state index < -0.39 is 29.6 Å². The van der Waals surface area contributed by atoms with Crippen LogP contribution < -0.4 is 10.6 Å². The Balaban J connectivity index is 1.92. The van der Waals surface area contributed by atoms with Gasteiger partial charge in [0.15, 0.2) is 0 Å². The maximum absolute atomic E-state index is 12.7. The fourth-order valence-corrected chi connectivity index (χ4v) is 2.30. The smallest absolute Gasteiger partial charge is 0.348 e. The van der Waals surface area contributed by atoms with Gasteiger partial charge in [0.2, 0.25) is 5.91 Å². The van der Waals surface area contributed by atoms with E-state index in [1.165, 1.54) is 30.5 Å². The molecule has 26 heavy (non-hydrogen) atoms. The summed E-state index contributed by atoms with van der Waals surface area (Å²) in [5.41, 5.74) is -0.441. The number of benzene rings is 1. The summed E-state index contributed by atoms with van der Waals surface area (Å²) in [6, 6.07) is 6.87. The maximum Gasteiger partial charge on any atom is 0.416 e. The van der Waals surface area contributed by atoms with E-state index in [9.17, 15) is 22.8 Å². The topological polar surface area (TPSA) is 71.1 Å². The van der Waals surface area contributed by atoms with Crippen molar-refractivity contribution in [2.45, 2.75) is 19.1 Å².